The van der Waals surface area contributed by atoms with Crippen LogP contribution >= 0.6 is 27.5 Å². The molecule has 2 N–H and O–H groups in total. The van der Waals surface area contributed by atoms with E-state index in [0.29, 0.717) is 5.75 Å². The van der Waals surface area contributed by atoms with E-state index in [1.54, 1.807) is 6.07 Å². The van der Waals surface area contributed by atoms with Crippen molar-refractivity contribution < 1.29 is 14.9 Å². The average molecular weight is 283 g/mol. The summed E-state index contributed by atoms with van der Waals surface area (Å²) in [6.07, 6.45) is 0.627. The molecule has 0 radical (unpaired) electrons. The van der Waals surface area contributed by atoms with Crippen LogP contribution in [-0.4, -0.2) is 34.5 Å². The summed E-state index contributed by atoms with van der Waals surface area (Å²) in [5.74, 6) is 0.369. The first-order valence-electron chi connectivity index (χ1n) is 3.86. The Labute approximate surface area is 94.6 Å². The van der Waals surface area contributed by atoms with Crippen molar-refractivity contribution in [3.8, 4) is 5.75 Å². The molecule has 0 aliphatic rings. The van der Waals surface area contributed by atoms with Gasteiger partial charge < -0.3 is 14.9 Å². The summed E-state index contributed by atoms with van der Waals surface area (Å²) in [7, 11) is 0. The van der Waals surface area contributed by atoms with Gasteiger partial charge in [-0.05, 0) is 22.0 Å². The van der Waals surface area contributed by atoms with Crippen LogP contribution in [0, 0.1) is 0 Å². The Kier molecular flexibility index (Phi) is 4.60. The maximum absolute atomic E-state index is 9.03. The second-order valence-corrected chi connectivity index (χ2v) is 3.86. The molecule has 1 heterocycles. The molecule has 78 valence electrons. The Bertz CT molecular complexity index is 311. The Morgan fingerprint density at radius 2 is 2.36 bits per heavy atom. The highest BCUT2D eigenvalue weighted by Gasteiger charge is 2.07. The van der Waals surface area contributed by atoms with Crippen LogP contribution in [0.3, 0.4) is 0 Å². The minimum atomic E-state index is -0.912. The van der Waals surface area contributed by atoms with Gasteiger partial charge in [0.1, 0.15) is 12.7 Å². The van der Waals surface area contributed by atoms with Crippen molar-refractivity contribution in [2.75, 3.05) is 13.2 Å². The lowest BCUT2D eigenvalue weighted by molar-refractivity contribution is 0.0535. The number of hydrogen-bond donors (Lipinski definition) is 2. The molecule has 1 unspecified atom stereocenters. The van der Waals surface area contributed by atoms with E-state index in [4.69, 9.17) is 26.6 Å². The van der Waals surface area contributed by atoms with E-state index in [-0.39, 0.29) is 18.4 Å². The summed E-state index contributed by atoms with van der Waals surface area (Å²) in [5, 5.41) is 17.8. The lowest BCUT2D eigenvalue weighted by Crippen LogP contribution is -2.21. The van der Waals surface area contributed by atoms with Crippen molar-refractivity contribution in [3.05, 3.63) is 21.9 Å². The van der Waals surface area contributed by atoms with Gasteiger partial charge in [-0.3, -0.25) is 0 Å². The molecule has 0 saturated heterocycles. The van der Waals surface area contributed by atoms with Crippen LogP contribution in [-0.2, 0) is 0 Å². The quantitative estimate of drug-likeness (QED) is 0.816. The van der Waals surface area contributed by atoms with E-state index < -0.39 is 6.10 Å². The highest BCUT2D eigenvalue weighted by Crippen LogP contribution is 2.25. The van der Waals surface area contributed by atoms with Crippen LogP contribution < -0.4 is 4.74 Å². The number of ether oxygens (including phenoxy) is 1. The number of aromatic nitrogens is 1. The van der Waals surface area contributed by atoms with Gasteiger partial charge in [-0.2, -0.15) is 0 Å². The van der Waals surface area contributed by atoms with Crippen LogP contribution in [0.5, 0.6) is 5.75 Å². The SMILES string of the molecule is OCC(O)COc1cc(Br)cnc1Cl. The number of nitrogens with zero attached hydrogens (tertiary/aromatic N) is 1. The predicted octanol–water partition coefficient (Wildman–Crippen LogP) is 1.23. The number of hydrogen-bond acceptors (Lipinski definition) is 4. The normalized spacial score (nSPS) is 12.6. The molecule has 1 aromatic rings. The van der Waals surface area contributed by atoms with E-state index in [1.165, 1.54) is 6.20 Å². The third-order valence-corrected chi connectivity index (χ3v) is 2.13. The summed E-state index contributed by atoms with van der Waals surface area (Å²) in [5.41, 5.74) is 0. The highest BCUT2D eigenvalue weighted by molar-refractivity contribution is 9.10. The fourth-order valence-corrected chi connectivity index (χ4v) is 1.21. The maximum Gasteiger partial charge on any atom is 0.171 e. The molecule has 6 heteroatoms. The van der Waals surface area contributed by atoms with Crippen molar-refractivity contribution >= 4 is 27.5 Å². The van der Waals surface area contributed by atoms with Crippen molar-refractivity contribution in [1.29, 1.82) is 0 Å². The third kappa shape index (κ3) is 3.42. The zero-order chi connectivity index (χ0) is 10.6. The second kappa shape index (κ2) is 5.50. The van der Waals surface area contributed by atoms with Gasteiger partial charge in [-0.15, -0.1) is 0 Å². The molecule has 1 rings (SSSR count). The van der Waals surface area contributed by atoms with Crippen molar-refractivity contribution in [1.82, 2.24) is 4.98 Å². The summed E-state index contributed by atoms with van der Waals surface area (Å²) < 4.78 is 5.87. The number of halogens is 2. The smallest absolute Gasteiger partial charge is 0.171 e. The molecule has 0 aliphatic carbocycles. The lowest BCUT2D eigenvalue weighted by Gasteiger charge is -2.10. The average Bonchev–Trinajstić information content (AvgIpc) is 2.19. The first kappa shape index (κ1) is 11.7. The molecule has 14 heavy (non-hydrogen) atoms. The van der Waals surface area contributed by atoms with Gasteiger partial charge >= 0.3 is 0 Å². The van der Waals surface area contributed by atoms with E-state index in [1.807, 2.05) is 0 Å². The van der Waals surface area contributed by atoms with Crippen molar-refractivity contribution in [2.24, 2.45) is 0 Å². The molecule has 0 fully saturated rings. The van der Waals surface area contributed by atoms with Crippen LogP contribution in [0.1, 0.15) is 0 Å². The van der Waals surface area contributed by atoms with Crippen molar-refractivity contribution in [3.63, 3.8) is 0 Å². The Hall–Kier alpha value is -0.360. The van der Waals surface area contributed by atoms with E-state index in [2.05, 4.69) is 20.9 Å². The molecule has 0 aromatic carbocycles. The number of aliphatic hydroxyl groups is 2. The summed E-state index contributed by atoms with van der Waals surface area (Å²) in [6.45, 7) is -0.368. The maximum atomic E-state index is 9.03. The summed E-state index contributed by atoms with van der Waals surface area (Å²) >= 11 is 8.93. The lowest BCUT2D eigenvalue weighted by atomic mass is 10.4. The Balaban J connectivity index is 2.62. The summed E-state index contributed by atoms with van der Waals surface area (Å²) in [4.78, 5) is 3.83. The van der Waals surface area contributed by atoms with Crippen LogP contribution in [0.4, 0.5) is 0 Å². The first-order valence-corrected chi connectivity index (χ1v) is 5.03. The first-order chi connectivity index (χ1) is 6.63. The Morgan fingerprint density at radius 3 is 3.00 bits per heavy atom. The largest absolute Gasteiger partial charge is 0.488 e. The molecule has 0 aliphatic heterocycles. The van der Waals surface area contributed by atoms with Gasteiger partial charge in [-0.25, -0.2) is 4.98 Å². The standard InChI is InChI=1S/C8H9BrClNO3/c9-5-1-7(8(10)11-2-5)14-4-6(13)3-12/h1-2,6,12-13H,3-4H2. The number of pyridine rings is 1. The van der Waals surface area contributed by atoms with Crippen LogP contribution in [0.15, 0.2) is 16.7 Å². The zero-order valence-corrected chi connectivity index (χ0v) is 9.49. The van der Waals surface area contributed by atoms with Gasteiger partial charge in [0, 0.05) is 10.7 Å². The molecule has 0 amide bonds. The van der Waals surface area contributed by atoms with E-state index >= 15 is 0 Å². The minimum absolute atomic E-state index is 0.0195. The van der Waals surface area contributed by atoms with Gasteiger partial charge in [0.15, 0.2) is 10.9 Å². The molecule has 0 spiro atoms. The molecule has 1 aromatic heterocycles. The Morgan fingerprint density at radius 1 is 1.64 bits per heavy atom. The van der Waals surface area contributed by atoms with Gasteiger partial charge in [0.25, 0.3) is 0 Å². The predicted molar refractivity (Wildman–Crippen MR) is 55.5 cm³/mol. The number of aliphatic hydroxyl groups excluding tert-OH is 2. The van der Waals surface area contributed by atoms with Gasteiger partial charge in [0.05, 0.1) is 6.61 Å². The minimum Gasteiger partial charge on any atom is -0.488 e. The van der Waals surface area contributed by atoms with Gasteiger partial charge in [-0.1, -0.05) is 11.6 Å². The zero-order valence-electron chi connectivity index (χ0n) is 7.15. The van der Waals surface area contributed by atoms with E-state index in [0.717, 1.165) is 4.47 Å². The second-order valence-electron chi connectivity index (χ2n) is 2.59. The van der Waals surface area contributed by atoms with Crippen LogP contribution in [0.25, 0.3) is 0 Å². The molecule has 4 nitrogen and oxygen atoms in total. The molecule has 0 saturated carbocycles. The van der Waals surface area contributed by atoms with Crippen molar-refractivity contribution in [2.45, 2.75) is 6.10 Å². The molecular weight excluding hydrogens is 273 g/mol. The fraction of sp³-hybridized carbons (Fsp3) is 0.375. The summed E-state index contributed by atoms with van der Waals surface area (Å²) in [6, 6.07) is 1.64. The number of rotatable bonds is 4. The molecule has 0 bridgehead atoms. The van der Waals surface area contributed by atoms with Crippen LogP contribution in [0.2, 0.25) is 5.15 Å². The monoisotopic (exact) mass is 281 g/mol. The highest BCUT2D eigenvalue weighted by atomic mass is 79.9. The van der Waals surface area contributed by atoms with E-state index in [9.17, 15) is 0 Å². The fourth-order valence-electron chi connectivity index (χ4n) is 0.744. The topological polar surface area (TPSA) is 62.6 Å². The molecular formula is C8H9BrClNO3. The third-order valence-electron chi connectivity index (χ3n) is 1.42. The van der Waals surface area contributed by atoms with Gasteiger partial charge in [0.2, 0.25) is 0 Å². The molecule has 1 atom stereocenters.